The molecule has 2 aliphatic rings. The third kappa shape index (κ3) is 6.29. The minimum Gasteiger partial charge on any atom is -0.490 e. The van der Waals surface area contributed by atoms with Crippen molar-refractivity contribution in [2.45, 2.75) is 33.4 Å². The Kier molecular flexibility index (Phi) is 9.47. The van der Waals surface area contributed by atoms with Gasteiger partial charge in [-0.3, -0.25) is 9.36 Å². The van der Waals surface area contributed by atoms with E-state index in [0.29, 0.717) is 70.3 Å². The van der Waals surface area contributed by atoms with E-state index >= 15 is 0 Å². The van der Waals surface area contributed by atoms with Crippen molar-refractivity contribution in [3.05, 3.63) is 111 Å². The van der Waals surface area contributed by atoms with Gasteiger partial charge in [0.15, 0.2) is 27.8 Å². The fourth-order valence-corrected chi connectivity index (χ4v) is 7.29. The lowest BCUT2D eigenvalue weighted by Gasteiger charge is -2.24. The predicted octanol–water partition coefficient (Wildman–Crippen LogP) is 6.57. The molecular weight excluding hydrogens is 719 g/mol. The van der Waals surface area contributed by atoms with E-state index in [-0.39, 0.29) is 31.1 Å². The minimum atomic E-state index is -0.784. The second kappa shape index (κ2) is 13.5. The van der Waals surface area contributed by atoms with Gasteiger partial charge in [-0.1, -0.05) is 46.7 Å². The van der Waals surface area contributed by atoms with Crippen molar-refractivity contribution < 1.29 is 28.5 Å². The Bertz CT molecular complexity index is 2070. The Morgan fingerprint density at radius 3 is 2.65 bits per heavy atom. The van der Waals surface area contributed by atoms with Gasteiger partial charge in [0.1, 0.15) is 6.61 Å². The third-order valence-electron chi connectivity index (χ3n) is 7.25. The Labute approximate surface area is 286 Å². The van der Waals surface area contributed by atoms with E-state index in [1.165, 1.54) is 15.9 Å². The lowest BCUT2D eigenvalue weighted by atomic mass is 9.95. The highest BCUT2D eigenvalue weighted by Crippen LogP contribution is 2.39. The van der Waals surface area contributed by atoms with Crippen molar-refractivity contribution in [2.24, 2.45) is 4.99 Å². The summed E-state index contributed by atoms with van der Waals surface area (Å²) in [6.45, 7) is 6.20. The van der Waals surface area contributed by atoms with Crippen LogP contribution in [-0.2, 0) is 16.1 Å². The van der Waals surface area contributed by atoms with Crippen LogP contribution in [0, 0.1) is 0 Å². The first-order valence-electron chi connectivity index (χ1n) is 14.3. The molecule has 0 radical (unpaired) electrons. The third-order valence-corrected chi connectivity index (χ3v) is 9.40. The lowest BCUT2D eigenvalue weighted by molar-refractivity contribution is -0.139. The van der Waals surface area contributed by atoms with Crippen molar-refractivity contribution in [1.29, 1.82) is 0 Å². The smallest absolute Gasteiger partial charge is 0.338 e. The zero-order valence-electron chi connectivity index (χ0n) is 24.9. The number of hydrogen-bond acceptors (Lipinski definition) is 9. The van der Waals surface area contributed by atoms with Gasteiger partial charge in [-0.15, -0.1) is 0 Å². The van der Waals surface area contributed by atoms with Crippen molar-refractivity contribution >= 4 is 62.5 Å². The molecule has 1 unspecified atom stereocenters. The number of esters is 1. The average Bonchev–Trinajstić information content (AvgIpc) is 3.60. The maximum atomic E-state index is 14.1. The molecule has 0 bridgehead atoms. The second-order valence-electron chi connectivity index (χ2n) is 10.2. The molecule has 0 aliphatic carbocycles. The van der Waals surface area contributed by atoms with E-state index in [4.69, 9.17) is 46.9 Å². The van der Waals surface area contributed by atoms with E-state index in [2.05, 4.69) is 20.9 Å². The number of rotatable bonds is 9. The number of fused-ring (bicyclic) bond motifs is 2. The minimum absolute atomic E-state index is 0.0964. The van der Waals surface area contributed by atoms with Crippen molar-refractivity contribution in [3.63, 3.8) is 0 Å². The normalized spacial score (nSPS) is 15.4. The van der Waals surface area contributed by atoms with Crippen LogP contribution in [0.1, 0.15) is 43.5 Å². The fourth-order valence-electron chi connectivity index (χ4n) is 5.20. The second-order valence-corrected chi connectivity index (χ2v) is 12.9. The molecule has 46 heavy (non-hydrogen) atoms. The summed E-state index contributed by atoms with van der Waals surface area (Å²) in [6, 6.07) is 13.4. The Morgan fingerprint density at radius 2 is 1.89 bits per heavy atom. The quantitative estimate of drug-likeness (QED) is 0.179. The van der Waals surface area contributed by atoms with E-state index in [1.807, 2.05) is 19.1 Å². The molecule has 3 heterocycles. The molecule has 6 rings (SSSR count). The summed E-state index contributed by atoms with van der Waals surface area (Å²) in [5.41, 5.74) is 2.56. The van der Waals surface area contributed by atoms with Crippen LogP contribution < -0.4 is 33.8 Å². The van der Waals surface area contributed by atoms with Gasteiger partial charge in [-0.05, 0) is 90.3 Å². The number of hydrogen-bond donors (Lipinski definition) is 0. The number of aromatic nitrogens is 1. The lowest BCUT2D eigenvalue weighted by Crippen LogP contribution is -2.39. The number of nitrogens with zero attached hydrogens (tertiary/aromatic N) is 2. The van der Waals surface area contributed by atoms with Gasteiger partial charge in [0.25, 0.3) is 5.56 Å². The van der Waals surface area contributed by atoms with Gasteiger partial charge >= 0.3 is 5.97 Å². The Balaban J connectivity index is 1.42. The number of allylic oxidation sites excluding steroid dienone is 1. The fraction of sp³-hybridized carbons (Fsp3) is 0.242. The first kappa shape index (κ1) is 32.2. The van der Waals surface area contributed by atoms with E-state index in [0.717, 1.165) is 5.56 Å². The summed E-state index contributed by atoms with van der Waals surface area (Å²) in [4.78, 5) is 32.4. The number of carbonyl (C=O) groups is 1. The van der Waals surface area contributed by atoms with Gasteiger partial charge in [-0.2, -0.15) is 0 Å². The maximum Gasteiger partial charge on any atom is 0.338 e. The summed E-state index contributed by atoms with van der Waals surface area (Å²) in [6.07, 6.45) is 1.76. The van der Waals surface area contributed by atoms with Crippen molar-refractivity contribution in [3.8, 4) is 23.0 Å². The van der Waals surface area contributed by atoms with Crippen LogP contribution in [-0.4, -0.2) is 30.5 Å². The Hall–Kier alpha value is -3.77. The zero-order valence-corrected chi connectivity index (χ0v) is 28.8. The van der Waals surface area contributed by atoms with Crippen LogP contribution in [0.25, 0.3) is 6.08 Å². The molecule has 1 atom stereocenters. The summed E-state index contributed by atoms with van der Waals surface area (Å²) in [5, 5.41) is 1.03. The predicted molar refractivity (Wildman–Crippen MR) is 179 cm³/mol. The number of thiazole rings is 1. The number of halogens is 3. The zero-order chi connectivity index (χ0) is 32.5. The topological polar surface area (TPSA) is 97.6 Å². The van der Waals surface area contributed by atoms with Gasteiger partial charge < -0.3 is 23.7 Å². The molecule has 9 nitrogen and oxygen atoms in total. The van der Waals surface area contributed by atoms with Crippen LogP contribution >= 0.6 is 50.5 Å². The van der Waals surface area contributed by atoms with E-state index in [9.17, 15) is 9.59 Å². The summed E-state index contributed by atoms with van der Waals surface area (Å²) in [7, 11) is 0. The molecule has 0 saturated heterocycles. The van der Waals surface area contributed by atoms with Gasteiger partial charge in [0.2, 0.25) is 6.79 Å². The Morgan fingerprint density at radius 1 is 1.09 bits per heavy atom. The van der Waals surface area contributed by atoms with Gasteiger partial charge in [-0.25, -0.2) is 9.79 Å². The van der Waals surface area contributed by atoms with Crippen LogP contribution in [0.4, 0.5) is 0 Å². The molecule has 3 aromatic carbocycles. The number of ether oxygens (including phenoxy) is 5. The molecular formula is C33H27BrCl2N2O7S. The summed E-state index contributed by atoms with van der Waals surface area (Å²) in [5.74, 6) is 1.56. The van der Waals surface area contributed by atoms with Gasteiger partial charge in [0.05, 0.1) is 39.5 Å². The average molecular weight is 746 g/mol. The molecule has 1 aromatic heterocycles. The molecule has 4 aromatic rings. The monoisotopic (exact) mass is 744 g/mol. The summed E-state index contributed by atoms with van der Waals surface area (Å²) >= 11 is 17.2. The SMILES string of the molecule is CCOC(=O)C1=C(C)N=c2s/c(=C\c3cc(Br)c(OCc4ccc(Cl)cc4Cl)c(OCC)c3)c(=O)n2C1c1ccc2c(c1)OCO2. The van der Waals surface area contributed by atoms with E-state index in [1.54, 1.807) is 56.3 Å². The highest BCUT2D eigenvalue weighted by Gasteiger charge is 2.34. The molecule has 13 heteroatoms. The standard InChI is InChI=1S/C33H27BrCl2N2O7S/c1-4-41-26-11-18(10-22(34)30(26)43-15-20-6-8-21(35)14-23(20)36)12-27-31(39)38-29(19-7-9-24-25(13-19)45-16-44-24)28(32(40)42-5-2)17(3)37-33(38)46-27/h6-14,29H,4-5,15-16H2,1-3H3/b27-12-. The van der Waals surface area contributed by atoms with Crippen LogP contribution in [0.15, 0.2) is 74.1 Å². The molecule has 238 valence electrons. The highest BCUT2D eigenvalue weighted by atomic mass is 79.9. The van der Waals surface area contributed by atoms with Crippen LogP contribution in [0.3, 0.4) is 0 Å². The number of carbonyl (C=O) groups excluding carboxylic acids is 1. The largest absolute Gasteiger partial charge is 0.490 e. The first-order valence-corrected chi connectivity index (χ1v) is 16.7. The maximum absolute atomic E-state index is 14.1. The first-order chi connectivity index (χ1) is 22.2. The van der Waals surface area contributed by atoms with Gasteiger partial charge in [0, 0.05) is 15.6 Å². The molecule has 0 N–H and O–H groups in total. The molecule has 0 spiro atoms. The molecule has 2 aliphatic heterocycles. The molecule has 0 saturated carbocycles. The van der Waals surface area contributed by atoms with Crippen molar-refractivity contribution in [1.82, 2.24) is 4.57 Å². The molecule has 0 fully saturated rings. The van der Waals surface area contributed by atoms with Crippen molar-refractivity contribution in [2.75, 3.05) is 20.0 Å². The summed E-state index contributed by atoms with van der Waals surface area (Å²) < 4.78 is 31.1. The highest BCUT2D eigenvalue weighted by molar-refractivity contribution is 9.10. The molecule has 0 amide bonds. The van der Waals surface area contributed by atoms with Crippen LogP contribution in [0.2, 0.25) is 10.0 Å². The van der Waals surface area contributed by atoms with E-state index < -0.39 is 12.0 Å². The van der Waals surface area contributed by atoms with Crippen LogP contribution in [0.5, 0.6) is 23.0 Å². The number of benzene rings is 3.